The lowest BCUT2D eigenvalue weighted by molar-refractivity contribution is -0.384. The number of rotatable bonds is 11. The van der Waals surface area contributed by atoms with Crippen LogP contribution in [0.3, 0.4) is 0 Å². The van der Waals surface area contributed by atoms with E-state index in [-0.39, 0.29) is 17.3 Å². The third kappa shape index (κ3) is 8.16. The topological polar surface area (TPSA) is 144 Å². The average Bonchev–Trinajstić information content (AvgIpc) is 3.59. The third-order valence-electron chi connectivity index (χ3n) is 6.74. The van der Waals surface area contributed by atoms with Crippen molar-refractivity contribution in [2.45, 2.75) is 17.1 Å². The number of non-ortho nitro benzene ring substituents is 1. The summed E-state index contributed by atoms with van der Waals surface area (Å²) in [6, 6.07) is 32.4. The number of nitro benzene ring substituents is 1. The number of furan rings is 1. The van der Waals surface area contributed by atoms with Gasteiger partial charge in [-0.05, 0) is 72.6 Å². The first-order valence-electron chi connectivity index (χ1n) is 14.1. The summed E-state index contributed by atoms with van der Waals surface area (Å²) >= 11 is 1.31. The third-order valence-corrected chi connectivity index (χ3v) is 8.01. The van der Waals surface area contributed by atoms with Gasteiger partial charge >= 0.3 is 0 Å². The highest BCUT2D eigenvalue weighted by Crippen LogP contribution is 2.37. The van der Waals surface area contributed by atoms with E-state index in [9.17, 15) is 24.5 Å². The Morgan fingerprint density at radius 2 is 1.54 bits per heavy atom. The van der Waals surface area contributed by atoms with E-state index in [2.05, 4.69) is 16.0 Å². The number of carbonyl (C=O) groups is 3. The summed E-state index contributed by atoms with van der Waals surface area (Å²) in [5.41, 5.74) is 2.61. The zero-order valence-corrected chi connectivity index (χ0v) is 25.3. The van der Waals surface area contributed by atoms with E-state index in [1.54, 1.807) is 73.7 Å². The van der Waals surface area contributed by atoms with Crippen molar-refractivity contribution in [3.8, 4) is 0 Å². The summed E-state index contributed by atoms with van der Waals surface area (Å²) in [4.78, 5) is 51.0. The van der Waals surface area contributed by atoms with Crippen molar-refractivity contribution in [2.24, 2.45) is 0 Å². The SMILES string of the molecule is Cc1cc([N+](=O)[O-])ccc1NC(=O)C(Sc1ccc(NC(=O)/C(=C/c2ccco2)NC(=O)c2ccccc2)cc1)c1ccccc1. The molecular formula is C35H28N4O6S. The lowest BCUT2D eigenvalue weighted by atomic mass is 10.1. The molecule has 46 heavy (non-hydrogen) atoms. The van der Waals surface area contributed by atoms with Gasteiger partial charge < -0.3 is 20.4 Å². The fourth-order valence-corrected chi connectivity index (χ4v) is 5.43. The molecule has 1 aromatic heterocycles. The molecule has 0 aliphatic rings. The van der Waals surface area contributed by atoms with Crippen molar-refractivity contribution in [1.82, 2.24) is 5.32 Å². The summed E-state index contributed by atoms with van der Waals surface area (Å²) in [6.07, 6.45) is 2.91. The zero-order chi connectivity index (χ0) is 32.5. The number of anilines is 2. The first-order chi connectivity index (χ1) is 22.3. The number of nitrogens with one attached hydrogen (secondary N) is 3. The minimum atomic E-state index is -0.646. The fraction of sp³-hybridized carbons (Fsp3) is 0.0571. The highest BCUT2D eigenvalue weighted by atomic mass is 32.2. The Balaban J connectivity index is 1.31. The maximum atomic E-state index is 13.5. The number of nitro groups is 1. The van der Waals surface area contributed by atoms with Crippen molar-refractivity contribution >= 4 is 52.6 Å². The van der Waals surface area contributed by atoms with Gasteiger partial charge in [0, 0.05) is 40.0 Å². The number of aryl methyl sites for hydroxylation is 1. The first kappa shape index (κ1) is 31.5. The summed E-state index contributed by atoms with van der Waals surface area (Å²) in [6.45, 7) is 1.70. The Morgan fingerprint density at radius 3 is 2.17 bits per heavy atom. The Hall–Kier alpha value is -5.94. The van der Waals surface area contributed by atoms with Crippen LogP contribution in [0.5, 0.6) is 0 Å². The molecule has 0 fully saturated rings. The Morgan fingerprint density at radius 1 is 0.848 bits per heavy atom. The number of carbonyl (C=O) groups excluding carboxylic acids is 3. The van der Waals surface area contributed by atoms with E-state index in [1.807, 2.05) is 30.3 Å². The van der Waals surface area contributed by atoms with Crippen molar-refractivity contribution in [3.05, 3.63) is 160 Å². The second-order valence-corrected chi connectivity index (χ2v) is 11.2. The van der Waals surface area contributed by atoms with Gasteiger partial charge in [0.2, 0.25) is 5.91 Å². The number of amides is 3. The minimum Gasteiger partial charge on any atom is -0.465 e. The van der Waals surface area contributed by atoms with E-state index >= 15 is 0 Å². The van der Waals surface area contributed by atoms with Crippen LogP contribution in [0.2, 0.25) is 0 Å². The van der Waals surface area contributed by atoms with Gasteiger partial charge in [-0.1, -0.05) is 48.5 Å². The number of thioether (sulfide) groups is 1. The molecule has 3 amide bonds. The number of benzene rings is 4. The predicted molar refractivity (Wildman–Crippen MR) is 177 cm³/mol. The standard InChI is InChI=1S/C35H28N4O6S/c1-23-21-27(39(43)44)16-19-30(23)37-35(42)32(24-9-4-2-5-10-24)46-29-17-14-26(15-18-29)36-34(41)31(22-28-13-8-20-45-28)38-33(40)25-11-6-3-7-12-25/h2-22,32H,1H3,(H,36,41)(H,37,42)(H,38,40)/b31-22-. The lowest BCUT2D eigenvalue weighted by Gasteiger charge is -2.18. The Kier molecular flexibility index (Phi) is 10.1. The maximum Gasteiger partial charge on any atom is 0.272 e. The van der Waals surface area contributed by atoms with Gasteiger partial charge in [0.15, 0.2) is 0 Å². The molecule has 230 valence electrons. The molecule has 10 nitrogen and oxygen atoms in total. The first-order valence-corrected chi connectivity index (χ1v) is 15.0. The second kappa shape index (κ2) is 14.7. The van der Waals surface area contributed by atoms with Gasteiger partial charge in [0.1, 0.15) is 16.7 Å². The van der Waals surface area contributed by atoms with Crippen LogP contribution in [-0.4, -0.2) is 22.6 Å². The quantitative estimate of drug-likeness (QED) is 0.0597. The van der Waals surface area contributed by atoms with Crippen LogP contribution in [0.4, 0.5) is 17.1 Å². The van der Waals surface area contributed by atoms with Crippen LogP contribution in [0.1, 0.15) is 32.5 Å². The van der Waals surface area contributed by atoms with E-state index in [4.69, 9.17) is 4.42 Å². The highest BCUT2D eigenvalue weighted by Gasteiger charge is 2.23. The second-order valence-electron chi connectivity index (χ2n) is 10.0. The normalized spacial score (nSPS) is 11.7. The minimum absolute atomic E-state index is 0.00963. The van der Waals surface area contributed by atoms with Crippen LogP contribution in [-0.2, 0) is 9.59 Å². The molecule has 0 aliphatic heterocycles. The molecule has 0 saturated heterocycles. The summed E-state index contributed by atoms with van der Waals surface area (Å²) < 4.78 is 5.35. The van der Waals surface area contributed by atoms with Crippen LogP contribution in [0.15, 0.2) is 137 Å². The number of hydrogen-bond acceptors (Lipinski definition) is 7. The molecule has 1 unspecified atom stereocenters. The highest BCUT2D eigenvalue weighted by molar-refractivity contribution is 8.00. The van der Waals surface area contributed by atoms with E-state index in [0.717, 1.165) is 10.5 Å². The van der Waals surface area contributed by atoms with Crippen LogP contribution in [0.25, 0.3) is 6.08 Å². The van der Waals surface area contributed by atoms with Crippen molar-refractivity contribution in [1.29, 1.82) is 0 Å². The molecule has 5 aromatic rings. The van der Waals surface area contributed by atoms with Gasteiger partial charge in [0.25, 0.3) is 17.5 Å². The van der Waals surface area contributed by atoms with Crippen LogP contribution in [0, 0.1) is 17.0 Å². The van der Waals surface area contributed by atoms with E-state index < -0.39 is 22.0 Å². The van der Waals surface area contributed by atoms with Crippen LogP contribution < -0.4 is 16.0 Å². The molecule has 1 atom stereocenters. The smallest absolute Gasteiger partial charge is 0.272 e. The maximum absolute atomic E-state index is 13.5. The van der Waals surface area contributed by atoms with Gasteiger partial charge in [0.05, 0.1) is 11.2 Å². The molecular weight excluding hydrogens is 604 g/mol. The number of nitrogens with zero attached hydrogens (tertiary/aromatic N) is 1. The molecule has 0 bridgehead atoms. The molecule has 0 saturated carbocycles. The van der Waals surface area contributed by atoms with Crippen molar-refractivity contribution in [3.63, 3.8) is 0 Å². The largest absolute Gasteiger partial charge is 0.465 e. The Bertz CT molecular complexity index is 1880. The van der Waals surface area contributed by atoms with Crippen LogP contribution >= 0.6 is 11.8 Å². The summed E-state index contributed by atoms with van der Waals surface area (Å²) in [5, 5.41) is 18.8. The van der Waals surface area contributed by atoms with Crippen molar-refractivity contribution < 1.29 is 23.7 Å². The zero-order valence-electron chi connectivity index (χ0n) is 24.5. The van der Waals surface area contributed by atoms with Gasteiger partial charge in [-0.25, -0.2) is 0 Å². The summed E-state index contributed by atoms with van der Waals surface area (Å²) in [7, 11) is 0. The van der Waals surface area contributed by atoms with Gasteiger partial charge in [-0.15, -0.1) is 11.8 Å². The molecule has 0 aliphatic carbocycles. The van der Waals surface area contributed by atoms with Gasteiger partial charge in [-0.3, -0.25) is 24.5 Å². The Labute approximate surface area is 268 Å². The molecule has 3 N–H and O–H groups in total. The average molecular weight is 633 g/mol. The molecule has 0 spiro atoms. The number of hydrogen-bond donors (Lipinski definition) is 3. The predicted octanol–water partition coefficient (Wildman–Crippen LogP) is 7.38. The lowest BCUT2D eigenvalue weighted by Crippen LogP contribution is -2.30. The fourth-order valence-electron chi connectivity index (χ4n) is 4.41. The molecule has 11 heteroatoms. The van der Waals surface area contributed by atoms with Gasteiger partial charge in [-0.2, -0.15) is 0 Å². The van der Waals surface area contributed by atoms with E-state index in [0.29, 0.717) is 28.3 Å². The summed E-state index contributed by atoms with van der Waals surface area (Å²) in [5.74, 6) is -0.914. The molecule has 0 radical (unpaired) electrons. The molecule has 4 aromatic carbocycles. The molecule has 5 rings (SSSR count). The molecule has 1 heterocycles. The monoisotopic (exact) mass is 632 g/mol. The van der Waals surface area contributed by atoms with Crippen molar-refractivity contribution in [2.75, 3.05) is 10.6 Å². The van der Waals surface area contributed by atoms with E-state index in [1.165, 1.54) is 42.3 Å².